The van der Waals surface area contributed by atoms with Gasteiger partial charge in [-0.05, 0) is 42.9 Å². The molecule has 19 heavy (non-hydrogen) atoms. The Balaban J connectivity index is 2.30. The zero-order valence-corrected chi connectivity index (χ0v) is 11.4. The van der Waals surface area contributed by atoms with Gasteiger partial charge in [0.2, 0.25) is 0 Å². The van der Waals surface area contributed by atoms with Crippen molar-refractivity contribution in [1.29, 1.82) is 0 Å². The van der Waals surface area contributed by atoms with Gasteiger partial charge in [-0.3, -0.25) is 14.6 Å². The molecule has 0 unspecified atom stereocenters. The monoisotopic (exact) mass is 270 g/mol. The third-order valence-electron chi connectivity index (χ3n) is 3.08. The molecule has 4 nitrogen and oxygen atoms in total. The van der Waals surface area contributed by atoms with Crippen LogP contribution in [0.25, 0.3) is 16.6 Å². The summed E-state index contributed by atoms with van der Waals surface area (Å²) in [6.07, 6.45) is 3.72. The van der Waals surface area contributed by atoms with Crippen molar-refractivity contribution in [3.8, 4) is 5.69 Å². The smallest absolute Gasteiger partial charge is 0.199 e. The van der Waals surface area contributed by atoms with Crippen LogP contribution in [0.15, 0.2) is 36.5 Å². The predicted molar refractivity (Wildman–Crippen MR) is 78.0 cm³/mol. The highest BCUT2D eigenvalue weighted by Crippen LogP contribution is 2.22. The van der Waals surface area contributed by atoms with Crippen molar-refractivity contribution in [3.05, 3.63) is 47.1 Å². The molecule has 0 aliphatic heterocycles. The van der Waals surface area contributed by atoms with E-state index in [1.807, 2.05) is 22.8 Å². The molecule has 0 saturated carbocycles. The molecule has 96 valence electrons. The van der Waals surface area contributed by atoms with Crippen LogP contribution < -0.4 is 0 Å². The highest BCUT2D eigenvalue weighted by molar-refractivity contribution is 7.71. The number of fused-ring (bicyclic) bond motifs is 1. The molecule has 0 spiro atoms. The predicted octanol–water partition coefficient (Wildman–Crippen LogP) is 3.43. The second kappa shape index (κ2) is 4.93. The normalized spacial score (nSPS) is 11.0. The minimum atomic E-state index is 0.625. The summed E-state index contributed by atoms with van der Waals surface area (Å²) in [6, 6.07) is 10.0. The van der Waals surface area contributed by atoms with Gasteiger partial charge in [-0.2, -0.15) is 5.10 Å². The molecular formula is C14H14N4S. The number of aromatic nitrogens is 4. The zero-order valence-electron chi connectivity index (χ0n) is 10.6. The number of pyridine rings is 1. The van der Waals surface area contributed by atoms with E-state index >= 15 is 0 Å². The Labute approximate surface area is 116 Å². The van der Waals surface area contributed by atoms with Gasteiger partial charge in [0, 0.05) is 18.0 Å². The van der Waals surface area contributed by atoms with Crippen LogP contribution in [0.3, 0.4) is 0 Å². The fraction of sp³-hybridized carbons (Fsp3) is 0.214. The molecule has 0 radical (unpaired) electrons. The lowest BCUT2D eigenvalue weighted by Crippen LogP contribution is -2.02. The van der Waals surface area contributed by atoms with Gasteiger partial charge in [0.05, 0.1) is 11.2 Å². The standard InChI is InChI=1S/C14H14N4S/c1-2-5-13-16-17-14(19)18(13)12-8-3-7-11-10(12)6-4-9-15-11/h3-4,6-9H,2,5H2,1H3,(H,17,19). The maximum absolute atomic E-state index is 5.36. The molecular weight excluding hydrogens is 256 g/mol. The van der Waals surface area contributed by atoms with Gasteiger partial charge in [-0.25, -0.2) is 0 Å². The van der Waals surface area contributed by atoms with Crippen LogP contribution in [-0.4, -0.2) is 19.7 Å². The van der Waals surface area contributed by atoms with E-state index in [2.05, 4.69) is 34.2 Å². The molecule has 0 atom stereocenters. The van der Waals surface area contributed by atoms with Crippen molar-refractivity contribution in [2.75, 3.05) is 0 Å². The molecule has 3 rings (SSSR count). The summed E-state index contributed by atoms with van der Waals surface area (Å²) in [6.45, 7) is 2.13. The highest BCUT2D eigenvalue weighted by atomic mass is 32.1. The molecule has 1 N–H and O–H groups in total. The van der Waals surface area contributed by atoms with Gasteiger partial charge in [0.15, 0.2) is 4.77 Å². The topological polar surface area (TPSA) is 46.5 Å². The molecule has 0 bridgehead atoms. The Morgan fingerprint density at radius 2 is 2.16 bits per heavy atom. The van der Waals surface area contributed by atoms with E-state index in [1.54, 1.807) is 6.20 Å². The first-order valence-corrected chi connectivity index (χ1v) is 6.72. The summed E-state index contributed by atoms with van der Waals surface area (Å²) >= 11 is 5.36. The fourth-order valence-electron chi connectivity index (χ4n) is 2.25. The van der Waals surface area contributed by atoms with Crippen molar-refractivity contribution in [2.24, 2.45) is 0 Å². The summed E-state index contributed by atoms with van der Waals surface area (Å²) in [7, 11) is 0. The highest BCUT2D eigenvalue weighted by Gasteiger charge is 2.10. The van der Waals surface area contributed by atoms with Crippen LogP contribution >= 0.6 is 12.2 Å². The summed E-state index contributed by atoms with van der Waals surface area (Å²) in [5.41, 5.74) is 2.00. The van der Waals surface area contributed by atoms with Gasteiger partial charge < -0.3 is 0 Å². The first kappa shape index (κ1) is 12.0. The number of hydrogen-bond donors (Lipinski definition) is 1. The van der Waals surface area contributed by atoms with Crippen molar-refractivity contribution in [3.63, 3.8) is 0 Å². The van der Waals surface area contributed by atoms with E-state index in [9.17, 15) is 0 Å². The number of benzene rings is 1. The van der Waals surface area contributed by atoms with Crippen LogP contribution in [0, 0.1) is 4.77 Å². The molecule has 5 heteroatoms. The van der Waals surface area contributed by atoms with Crippen LogP contribution in [0.2, 0.25) is 0 Å². The van der Waals surface area contributed by atoms with E-state index in [-0.39, 0.29) is 0 Å². The molecule has 0 aliphatic rings. The Morgan fingerprint density at radius 3 is 3.00 bits per heavy atom. The van der Waals surface area contributed by atoms with Crippen molar-refractivity contribution in [2.45, 2.75) is 19.8 Å². The van der Waals surface area contributed by atoms with Crippen LogP contribution in [0.4, 0.5) is 0 Å². The summed E-state index contributed by atoms with van der Waals surface area (Å²) in [5.74, 6) is 0.962. The van der Waals surface area contributed by atoms with Crippen LogP contribution in [0.1, 0.15) is 19.2 Å². The molecule has 0 amide bonds. The Bertz CT molecular complexity index is 767. The first-order valence-electron chi connectivity index (χ1n) is 6.31. The molecule has 3 aromatic rings. The summed E-state index contributed by atoms with van der Waals surface area (Å²) in [4.78, 5) is 4.38. The molecule has 2 aromatic heterocycles. The second-order valence-electron chi connectivity index (χ2n) is 4.38. The van der Waals surface area contributed by atoms with Crippen molar-refractivity contribution in [1.82, 2.24) is 19.7 Å². The maximum Gasteiger partial charge on any atom is 0.199 e. The van der Waals surface area contributed by atoms with Crippen LogP contribution in [0.5, 0.6) is 0 Å². The van der Waals surface area contributed by atoms with Crippen molar-refractivity contribution < 1.29 is 0 Å². The van der Waals surface area contributed by atoms with E-state index in [1.165, 1.54) is 0 Å². The molecule has 0 saturated heterocycles. The number of rotatable bonds is 3. The molecule has 1 aromatic carbocycles. The zero-order chi connectivity index (χ0) is 13.2. The number of aryl methyl sites for hydroxylation is 1. The third-order valence-corrected chi connectivity index (χ3v) is 3.35. The maximum atomic E-state index is 5.36. The Morgan fingerprint density at radius 1 is 1.26 bits per heavy atom. The average Bonchev–Trinajstić information content (AvgIpc) is 2.80. The quantitative estimate of drug-likeness (QED) is 0.742. The minimum absolute atomic E-state index is 0.625. The number of H-pyrrole nitrogens is 1. The van der Waals surface area contributed by atoms with Crippen molar-refractivity contribution >= 4 is 23.1 Å². The first-order chi connectivity index (χ1) is 9.31. The largest absolute Gasteiger partial charge is 0.271 e. The Hall–Kier alpha value is -2.01. The SMILES string of the molecule is CCCc1n[nH]c(=S)n1-c1cccc2ncccc12. The summed E-state index contributed by atoms with van der Waals surface area (Å²) < 4.78 is 2.63. The lowest BCUT2D eigenvalue weighted by molar-refractivity contribution is 0.803. The van der Waals surface area contributed by atoms with Gasteiger partial charge in [0.1, 0.15) is 5.82 Å². The van der Waals surface area contributed by atoms with Gasteiger partial charge in [-0.15, -0.1) is 0 Å². The lowest BCUT2D eigenvalue weighted by atomic mass is 10.1. The number of aromatic amines is 1. The summed E-state index contributed by atoms with van der Waals surface area (Å²) in [5, 5.41) is 8.28. The minimum Gasteiger partial charge on any atom is -0.271 e. The average molecular weight is 270 g/mol. The second-order valence-corrected chi connectivity index (χ2v) is 4.76. The van der Waals surface area contributed by atoms with Gasteiger partial charge >= 0.3 is 0 Å². The Kier molecular flexibility index (Phi) is 3.13. The van der Waals surface area contributed by atoms with E-state index < -0.39 is 0 Å². The number of nitrogens with one attached hydrogen (secondary N) is 1. The third kappa shape index (κ3) is 2.06. The van der Waals surface area contributed by atoms with Crippen LogP contribution in [-0.2, 0) is 6.42 Å². The lowest BCUT2D eigenvalue weighted by Gasteiger charge is -2.09. The van der Waals surface area contributed by atoms with E-state index in [0.717, 1.165) is 35.3 Å². The fourth-order valence-corrected chi connectivity index (χ4v) is 2.50. The van der Waals surface area contributed by atoms with E-state index in [0.29, 0.717) is 4.77 Å². The van der Waals surface area contributed by atoms with Gasteiger partial charge in [-0.1, -0.05) is 13.0 Å². The molecule has 2 heterocycles. The molecule has 0 aliphatic carbocycles. The molecule has 0 fully saturated rings. The van der Waals surface area contributed by atoms with E-state index in [4.69, 9.17) is 12.2 Å². The number of nitrogens with zero attached hydrogens (tertiary/aromatic N) is 3. The number of hydrogen-bond acceptors (Lipinski definition) is 3. The van der Waals surface area contributed by atoms with Gasteiger partial charge in [0.25, 0.3) is 0 Å².